The van der Waals surface area contributed by atoms with Crippen molar-refractivity contribution in [3.8, 4) is 5.75 Å². The summed E-state index contributed by atoms with van der Waals surface area (Å²) in [7, 11) is 1.63. The van der Waals surface area contributed by atoms with Crippen LogP contribution in [0.3, 0.4) is 0 Å². The van der Waals surface area contributed by atoms with E-state index >= 15 is 0 Å². The zero-order valence-electron chi connectivity index (χ0n) is 16.4. The second-order valence-electron chi connectivity index (χ2n) is 7.54. The minimum atomic E-state index is -0.209. The molecule has 148 valence electrons. The van der Waals surface area contributed by atoms with Crippen molar-refractivity contribution in [1.82, 2.24) is 9.88 Å². The lowest BCUT2D eigenvalue weighted by atomic mass is 9.85. The maximum Gasteiger partial charge on any atom is 0.145 e. The van der Waals surface area contributed by atoms with Gasteiger partial charge in [0.25, 0.3) is 0 Å². The van der Waals surface area contributed by atoms with Crippen LogP contribution in [0.2, 0.25) is 0 Å². The molecule has 0 N–H and O–H groups in total. The first-order valence-electron chi connectivity index (χ1n) is 10.1. The summed E-state index contributed by atoms with van der Waals surface area (Å²) in [5.41, 5.74) is 1.60. The van der Waals surface area contributed by atoms with Gasteiger partial charge in [-0.3, -0.25) is 9.88 Å². The molecule has 0 aliphatic carbocycles. The molecule has 1 fully saturated rings. The van der Waals surface area contributed by atoms with Crippen LogP contribution in [-0.4, -0.2) is 42.0 Å². The number of fused-ring (bicyclic) bond motifs is 1. The molecule has 1 saturated heterocycles. The lowest BCUT2D eigenvalue weighted by Gasteiger charge is -2.39. The number of hydrogen-bond donors (Lipinski definition) is 0. The second kappa shape index (κ2) is 9.70. The molecule has 2 unspecified atom stereocenters. The predicted octanol–water partition coefficient (Wildman–Crippen LogP) is 5.43. The van der Waals surface area contributed by atoms with E-state index in [1.807, 2.05) is 18.2 Å². The van der Waals surface area contributed by atoms with E-state index in [0.717, 1.165) is 60.5 Å². The number of hydrogen-bond acceptors (Lipinski definition) is 3. The number of aryl methyl sites for hydroxylation is 1. The topological polar surface area (TPSA) is 25.4 Å². The summed E-state index contributed by atoms with van der Waals surface area (Å²) < 4.78 is 19.8. The number of pyridine rings is 1. The quantitative estimate of drug-likeness (QED) is 0.559. The van der Waals surface area contributed by atoms with Gasteiger partial charge in [0.2, 0.25) is 0 Å². The van der Waals surface area contributed by atoms with Gasteiger partial charge in [-0.05, 0) is 68.3 Å². The Kier molecular flexibility index (Phi) is 7.31. The maximum atomic E-state index is 14.5. The highest BCUT2D eigenvalue weighted by Gasteiger charge is 2.26. The van der Waals surface area contributed by atoms with Crippen molar-refractivity contribution in [3.63, 3.8) is 0 Å². The Morgan fingerprint density at radius 3 is 2.96 bits per heavy atom. The van der Waals surface area contributed by atoms with Gasteiger partial charge in [0.15, 0.2) is 0 Å². The molecule has 0 spiro atoms. The van der Waals surface area contributed by atoms with Crippen LogP contribution in [0.25, 0.3) is 10.9 Å². The number of ether oxygens (including phenoxy) is 1. The van der Waals surface area contributed by atoms with Crippen LogP contribution in [0.4, 0.5) is 4.39 Å². The number of piperidine rings is 1. The van der Waals surface area contributed by atoms with E-state index in [4.69, 9.17) is 16.3 Å². The standard InChI is InChI=1S/C22H30ClFN2O/c1-3-17-13-16(9-11-26(17)12-10-23)5-4-6-19-20-14-18(27-2)7-8-22(20)25-15-21(19)24/h7-8,14-17H,3-6,9-13H2,1-2H3. The number of rotatable bonds is 8. The molecule has 0 bridgehead atoms. The lowest BCUT2D eigenvalue weighted by Crippen LogP contribution is -2.43. The van der Waals surface area contributed by atoms with E-state index in [0.29, 0.717) is 11.9 Å². The van der Waals surface area contributed by atoms with Crippen molar-refractivity contribution >= 4 is 22.5 Å². The van der Waals surface area contributed by atoms with Gasteiger partial charge in [-0.1, -0.05) is 13.3 Å². The van der Waals surface area contributed by atoms with Crippen LogP contribution in [0.15, 0.2) is 24.4 Å². The van der Waals surface area contributed by atoms with Gasteiger partial charge in [0.05, 0.1) is 18.8 Å². The van der Waals surface area contributed by atoms with Crippen molar-refractivity contribution < 1.29 is 9.13 Å². The number of benzene rings is 1. The average molecular weight is 393 g/mol. The molecular weight excluding hydrogens is 363 g/mol. The van der Waals surface area contributed by atoms with Gasteiger partial charge in [-0.25, -0.2) is 4.39 Å². The normalized spacial score (nSPS) is 20.9. The predicted molar refractivity (Wildman–Crippen MR) is 110 cm³/mol. The largest absolute Gasteiger partial charge is 0.497 e. The van der Waals surface area contributed by atoms with Crippen LogP contribution < -0.4 is 4.74 Å². The highest BCUT2D eigenvalue weighted by Crippen LogP contribution is 2.30. The minimum Gasteiger partial charge on any atom is -0.497 e. The number of halogens is 2. The smallest absolute Gasteiger partial charge is 0.145 e. The SMILES string of the molecule is CCC1CC(CCCc2c(F)cnc3ccc(OC)cc23)CCN1CCCl. The number of likely N-dealkylation sites (tertiary alicyclic amines) is 1. The molecule has 1 aromatic heterocycles. The minimum absolute atomic E-state index is 0.209. The van der Waals surface area contributed by atoms with Crippen LogP contribution in [-0.2, 0) is 6.42 Å². The zero-order valence-corrected chi connectivity index (χ0v) is 17.1. The van der Waals surface area contributed by atoms with Crippen LogP contribution >= 0.6 is 11.6 Å². The van der Waals surface area contributed by atoms with E-state index in [2.05, 4.69) is 16.8 Å². The summed E-state index contributed by atoms with van der Waals surface area (Å²) in [5.74, 6) is 1.97. The van der Waals surface area contributed by atoms with E-state index in [9.17, 15) is 4.39 Å². The Hall–Kier alpha value is -1.39. The maximum absolute atomic E-state index is 14.5. The van der Waals surface area contributed by atoms with E-state index in [1.165, 1.54) is 25.5 Å². The Morgan fingerprint density at radius 1 is 1.37 bits per heavy atom. The molecule has 3 rings (SSSR count). The molecule has 1 aliphatic rings. The van der Waals surface area contributed by atoms with Gasteiger partial charge in [0.1, 0.15) is 11.6 Å². The molecule has 2 heterocycles. The third-order valence-corrected chi connectivity index (χ3v) is 6.13. The molecule has 0 radical (unpaired) electrons. The lowest BCUT2D eigenvalue weighted by molar-refractivity contribution is 0.111. The number of methoxy groups -OCH3 is 1. The van der Waals surface area contributed by atoms with Gasteiger partial charge < -0.3 is 4.74 Å². The van der Waals surface area contributed by atoms with Gasteiger partial charge in [0, 0.05) is 23.9 Å². The average Bonchev–Trinajstić information content (AvgIpc) is 2.70. The van der Waals surface area contributed by atoms with E-state index < -0.39 is 0 Å². The first kappa shape index (κ1) is 20.3. The van der Waals surface area contributed by atoms with Crippen LogP contribution in [0.5, 0.6) is 5.75 Å². The molecule has 27 heavy (non-hydrogen) atoms. The van der Waals surface area contributed by atoms with Crippen LogP contribution in [0.1, 0.15) is 44.6 Å². The molecule has 5 heteroatoms. The number of aromatic nitrogens is 1. The Bertz CT molecular complexity index is 754. The molecule has 1 aliphatic heterocycles. The first-order chi connectivity index (χ1) is 13.2. The van der Waals surface area contributed by atoms with Gasteiger partial charge in [-0.15, -0.1) is 11.6 Å². The summed E-state index contributed by atoms with van der Waals surface area (Å²) in [5, 5.41) is 0.873. The second-order valence-corrected chi connectivity index (χ2v) is 7.92. The van der Waals surface area contributed by atoms with Crippen molar-refractivity contribution in [3.05, 3.63) is 35.8 Å². The first-order valence-corrected chi connectivity index (χ1v) is 10.6. The van der Waals surface area contributed by atoms with Gasteiger partial charge in [-0.2, -0.15) is 0 Å². The molecule has 1 aromatic carbocycles. The summed E-state index contributed by atoms with van der Waals surface area (Å²) in [4.78, 5) is 6.75. The van der Waals surface area contributed by atoms with E-state index in [1.54, 1.807) is 7.11 Å². The molecule has 0 amide bonds. The van der Waals surface area contributed by atoms with Crippen LogP contribution in [0, 0.1) is 11.7 Å². The fraction of sp³-hybridized carbons (Fsp3) is 0.591. The number of nitrogens with zero attached hydrogens (tertiary/aromatic N) is 2. The van der Waals surface area contributed by atoms with Gasteiger partial charge >= 0.3 is 0 Å². The summed E-state index contributed by atoms with van der Waals surface area (Å²) >= 11 is 5.94. The molecular formula is C22H30ClFN2O. The van der Waals surface area contributed by atoms with Crippen molar-refractivity contribution in [2.75, 3.05) is 26.1 Å². The monoisotopic (exact) mass is 392 g/mol. The van der Waals surface area contributed by atoms with Crippen molar-refractivity contribution in [1.29, 1.82) is 0 Å². The Balaban J connectivity index is 1.63. The summed E-state index contributed by atoms with van der Waals surface area (Å²) in [6.07, 6.45) is 7.89. The third-order valence-electron chi connectivity index (χ3n) is 5.96. The molecule has 2 atom stereocenters. The fourth-order valence-corrected chi connectivity index (χ4v) is 4.64. The Labute approximate surface area is 166 Å². The fourth-order valence-electron chi connectivity index (χ4n) is 4.42. The zero-order chi connectivity index (χ0) is 19.2. The highest BCUT2D eigenvalue weighted by atomic mass is 35.5. The molecule has 2 aromatic rings. The molecule has 3 nitrogen and oxygen atoms in total. The summed E-state index contributed by atoms with van der Waals surface area (Å²) in [6.45, 7) is 4.39. The van der Waals surface area contributed by atoms with E-state index in [-0.39, 0.29) is 5.82 Å². The molecule has 0 saturated carbocycles. The number of alkyl halides is 1. The van der Waals surface area contributed by atoms with Crippen molar-refractivity contribution in [2.45, 2.75) is 51.5 Å². The highest BCUT2D eigenvalue weighted by molar-refractivity contribution is 6.18. The third kappa shape index (κ3) is 4.91. The summed E-state index contributed by atoms with van der Waals surface area (Å²) in [6, 6.07) is 6.31. The Morgan fingerprint density at radius 2 is 2.22 bits per heavy atom. The van der Waals surface area contributed by atoms with Crippen molar-refractivity contribution in [2.24, 2.45) is 5.92 Å².